The van der Waals surface area contributed by atoms with Crippen molar-refractivity contribution in [3.63, 3.8) is 0 Å². The van der Waals surface area contributed by atoms with Crippen molar-refractivity contribution in [3.05, 3.63) is 144 Å². The molecule has 0 aliphatic heterocycles. The van der Waals surface area contributed by atoms with Crippen LogP contribution in [0.4, 0.5) is 14.4 Å². The molecule has 0 heterocycles. The number of hydrogen-bond donors (Lipinski definition) is 5. The van der Waals surface area contributed by atoms with Crippen LogP contribution in [-0.2, 0) is 50.2 Å². The minimum atomic E-state index is -3.59. The maximum absolute atomic E-state index is 11.8. The van der Waals surface area contributed by atoms with Gasteiger partial charge in [0.05, 0.1) is 49.2 Å². The minimum Gasteiger partial charge on any atom is -1.00 e. The number of carbonyl (C=O) groups is 3. The van der Waals surface area contributed by atoms with Gasteiger partial charge in [-0.05, 0) is 111 Å². The Hall–Kier alpha value is -2.36. The number of rotatable bonds is 18. The molecule has 0 bridgehead atoms. The van der Waals surface area contributed by atoms with E-state index in [4.69, 9.17) is 41.6 Å². The van der Waals surface area contributed by atoms with Crippen molar-refractivity contribution >= 4 is 107 Å². The van der Waals surface area contributed by atoms with Gasteiger partial charge < -0.3 is 70.9 Å². The Morgan fingerprint density at radius 2 is 0.826 bits per heavy atom. The van der Waals surface area contributed by atoms with Gasteiger partial charge in [-0.25, -0.2) is 22.8 Å². The summed E-state index contributed by atoms with van der Waals surface area (Å²) in [5, 5.41) is 17.6. The molecule has 0 unspecified atom stereocenters. The number of aliphatic hydroxyl groups is 1. The summed E-state index contributed by atoms with van der Waals surface area (Å²) in [6.07, 6.45) is 6.07. The molecule has 4 aromatic carbocycles. The molecule has 0 spiro atoms. The minimum absolute atomic E-state index is 0. The molecule has 0 saturated carbocycles. The number of carbonyl (C=O) groups excluding carboxylic acids is 3. The summed E-state index contributed by atoms with van der Waals surface area (Å²) in [5.74, 6) is 1.92. The number of nitrogens with one attached hydrogen (secondary N) is 3. The molecule has 0 aliphatic carbocycles. The van der Waals surface area contributed by atoms with E-state index in [-0.39, 0.29) is 72.7 Å². The molecule has 4 atom stereocenters. The fourth-order valence-corrected chi connectivity index (χ4v) is 7.72. The average molecular weight is 1390 g/mol. The van der Waals surface area contributed by atoms with Crippen LogP contribution in [0, 0.1) is 0 Å². The molecule has 0 saturated heterocycles. The van der Waals surface area contributed by atoms with Gasteiger partial charge in [0.25, 0.3) is 10.1 Å². The molecule has 86 heavy (non-hydrogen) atoms. The fourth-order valence-electron chi connectivity index (χ4n) is 6.13. The molecular weight excluding hydrogens is 1300 g/mol. The van der Waals surface area contributed by atoms with Crippen LogP contribution in [0.1, 0.15) is 130 Å². The first-order chi connectivity index (χ1) is 39.0. The van der Waals surface area contributed by atoms with Crippen LogP contribution in [-0.4, -0.2) is 143 Å². The third-order valence-corrected chi connectivity index (χ3v) is 11.6. The van der Waals surface area contributed by atoms with Crippen LogP contribution in [0.25, 0.3) is 0 Å². The summed E-state index contributed by atoms with van der Waals surface area (Å²) >= 11 is 17.1. The van der Waals surface area contributed by atoms with E-state index in [0.29, 0.717) is 6.04 Å². The first-order valence-electron chi connectivity index (χ1n) is 26.6. The van der Waals surface area contributed by atoms with E-state index in [1.165, 1.54) is 25.2 Å². The number of quaternary nitrogens is 1. The number of alkyl carbamates (subject to hydrolysis) is 3. The molecule has 0 radical (unpaired) electrons. The summed E-state index contributed by atoms with van der Waals surface area (Å²) < 4.78 is 61.4. The Labute approximate surface area is 574 Å². The molecule has 27 heteroatoms. The number of thioether (sulfide) groups is 2. The van der Waals surface area contributed by atoms with Gasteiger partial charge in [0.2, 0.25) is 9.05 Å². The molecule has 4 aromatic rings. The molecular formula is C59H98Cl4N5NaO12S5. The number of benzene rings is 4. The van der Waals surface area contributed by atoms with E-state index in [1.807, 2.05) is 112 Å². The second kappa shape index (κ2) is 54.4. The van der Waals surface area contributed by atoms with Gasteiger partial charge in [-0.15, -0.1) is 23.2 Å². The fraction of sp³-hybridized carbons (Fsp3) is 0.542. The van der Waals surface area contributed by atoms with Crippen LogP contribution in [0.5, 0.6) is 0 Å². The van der Waals surface area contributed by atoms with Gasteiger partial charge in [-0.1, -0.05) is 142 Å². The first-order valence-corrected chi connectivity index (χ1v) is 35.8. The zero-order valence-corrected chi connectivity index (χ0v) is 62.8. The number of ether oxygens (including phenoxy) is 3. The quantitative estimate of drug-likeness (QED) is 0.0177. The van der Waals surface area contributed by atoms with E-state index in [1.54, 1.807) is 83.8 Å². The van der Waals surface area contributed by atoms with Crippen molar-refractivity contribution in [1.82, 2.24) is 20.9 Å². The number of hydrogen-bond acceptors (Lipinski definition) is 16. The van der Waals surface area contributed by atoms with Gasteiger partial charge in [0.1, 0.15) is 22.8 Å². The van der Waals surface area contributed by atoms with E-state index >= 15 is 0 Å². The zero-order valence-electron chi connectivity index (χ0n) is 53.7. The molecule has 0 aliphatic rings. The standard InChI is InChI=1S/C14H21NO5S.C14H21NO2S.C13H19NO3.C9H13NS.C6H15N.CH2Cl2.CH3ClO2S.CH4S.ClH.Na/c1-14(2,3)20-13(16)15-12(10-19-21(4,17)18)11-8-6-5-7-9-11;1-14(2,3)17-13(16)15-12(10-18-4)11-8-6-5-7-9-11;1-13(2,3)17-12(16)14-11(9-15)10-7-5-4-6-8-10;1-11-7-9(10)8-5-3-2-4-6-8;1-4-7(5-2)6-3;2-1-3;1-5(2,3)4;1-2;;/h5-9,12H,10H2,1-4H3,(H,15,16);5-9,12H,10H2,1-4H3,(H,15,16);4-8,11,15H,9H2,1-3H3,(H,14,16);2-6,9H,7,10H2,1H3;4-6H2,1-3H3;1H2;1H3;2H,1H3;1H;/q;;;;;;;;;+1/p-1/t2*12-;11-;9-;;;;;;/m1111....../s1. The second-order valence-corrected chi connectivity index (χ2v) is 27.7. The monoisotopic (exact) mass is 1390 g/mol. The Bertz CT molecular complexity index is 2480. The Balaban J connectivity index is -0.000000228. The number of aliphatic hydroxyl groups excluding tert-OH is 1. The predicted octanol–water partition coefficient (Wildman–Crippen LogP) is 6.55. The maximum Gasteiger partial charge on any atom is 1.00 e. The van der Waals surface area contributed by atoms with Gasteiger partial charge >= 0.3 is 47.8 Å². The molecule has 490 valence electrons. The zero-order chi connectivity index (χ0) is 65.6. The van der Waals surface area contributed by atoms with E-state index in [2.05, 4.69) is 101 Å². The van der Waals surface area contributed by atoms with Crippen molar-refractivity contribution in [1.29, 1.82) is 0 Å². The average Bonchev–Trinajstić information content (AvgIpc) is 3.42. The van der Waals surface area contributed by atoms with Gasteiger partial charge in [-0.2, -0.15) is 38.2 Å². The van der Waals surface area contributed by atoms with E-state index < -0.39 is 60.2 Å². The number of halogens is 4. The van der Waals surface area contributed by atoms with Crippen molar-refractivity contribution in [2.24, 2.45) is 0 Å². The van der Waals surface area contributed by atoms with Crippen LogP contribution < -0.4 is 63.6 Å². The molecule has 3 amide bonds. The van der Waals surface area contributed by atoms with Gasteiger partial charge in [0.15, 0.2) is 0 Å². The molecule has 0 aromatic heterocycles. The van der Waals surface area contributed by atoms with E-state index in [0.717, 1.165) is 40.7 Å². The Morgan fingerprint density at radius 3 is 1.07 bits per heavy atom. The predicted molar refractivity (Wildman–Crippen MR) is 356 cm³/mol. The number of amides is 3. The van der Waals surface area contributed by atoms with Crippen molar-refractivity contribution in [3.8, 4) is 0 Å². The van der Waals surface area contributed by atoms with Crippen LogP contribution in [0.2, 0.25) is 0 Å². The normalized spacial score (nSPS) is 12.0. The topological polar surface area (TPSA) is 244 Å². The SMILES string of the molecule is CC(C)(C)OC(=O)N[C@H](CO)c1ccccc1.CC(C)(C)OC(=O)N[C@H](COS(C)(=O)=O)c1ccccc1.CCN(CC)CC.CS(=O)(=O)Cl.CSC[C@@H](NC(=O)OC(C)(C)C)c1ccccc1.CSC[C@@H]([NH3+])c1ccccc1.C[S-].ClCCl.[Cl-].[Na+]. The van der Waals surface area contributed by atoms with Gasteiger partial charge in [-0.3, -0.25) is 4.18 Å². The van der Waals surface area contributed by atoms with Crippen molar-refractivity contribution < 1.29 is 102 Å². The Morgan fingerprint density at radius 1 is 0.570 bits per heavy atom. The second-order valence-electron chi connectivity index (χ2n) is 20.4. The Kier molecular flexibility index (Phi) is 59.9. The first kappa shape index (κ1) is 94.8. The van der Waals surface area contributed by atoms with Crippen molar-refractivity contribution in [2.75, 3.05) is 81.0 Å². The summed E-state index contributed by atoms with van der Waals surface area (Å²) in [4.78, 5) is 37.5. The third-order valence-electron chi connectivity index (χ3n) is 9.62. The van der Waals surface area contributed by atoms with Crippen LogP contribution in [0.3, 0.4) is 0 Å². The van der Waals surface area contributed by atoms with E-state index in [9.17, 15) is 36.3 Å². The number of alkyl halides is 2. The van der Waals surface area contributed by atoms with Crippen LogP contribution in [0.15, 0.2) is 121 Å². The number of nitrogens with zero attached hydrogens (tertiary/aromatic N) is 1. The summed E-state index contributed by atoms with van der Waals surface area (Å²) in [5.41, 5.74) is 6.44. The smallest absolute Gasteiger partial charge is 1.00 e. The molecule has 4 rings (SSSR count). The molecule has 17 nitrogen and oxygen atoms in total. The summed E-state index contributed by atoms with van der Waals surface area (Å²) in [7, 11) is -2.28. The van der Waals surface area contributed by atoms with Crippen LogP contribution >= 0.6 is 57.4 Å². The van der Waals surface area contributed by atoms with Gasteiger partial charge in [0, 0.05) is 27.8 Å². The molecule has 7 N–H and O–H groups in total. The maximum atomic E-state index is 11.8. The summed E-state index contributed by atoms with van der Waals surface area (Å²) in [6.45, 7) is 26.0. The molecule has 0 fully saturated rings. The largest absolute Gasteiger partial charge is 1.00 e. The van der Waals surface area contributed by atoms with Crippen molar-refractivity contribution in [2.45, 2.75) is 124 Å². The summed E-state index contributed by atoms with van der Waals surface area (Å²) in [6, 6.07) is 38.0. The third kappa shape index (κ3) is 61.9.